The third-order valence-electron chi connectivity index (χ3n) is 3.58. The molecule has 0 aliphatic heterocycles. The molecule has 0 unspecified atom stereocenters. The highest BCUT2D eigenvalue weighted by Gasteiger charge is 2.14. The van der Waals surface area contributed by atoms with Crippen LogP contribution in [0.25, 0.3) is 0 Å². The average molecular weight is 327 g/mol. The van der Waals surface area contributed by atoms with Crippen molar-refractivity contribution in [3.63, 3.8) is 0 Å². The molecule has 1 aromatic rings. The Morgan fingerprint density at radius 3 is 2.27 bits per heavy atom. The SMILES string of the molecule is COCCCCNS(=O)(=O)CCc1ccc(C(C)(C)C)cc1. The minimum atomic E-state index is -3.20. The van der Waals surface area contributed by atoms with Crippen LogP contribution in [-0.2, 0) is 26.6 Å². The van der Waals surface area contributed by atoms with Gasteiger partial charge in [0.05, 0.1) is 5.75 Å². The Labute approximate surface area is 135 Å². The third-order valence-corrected chi connectivity index (χ3v) is 4.96. The summed E-state index contributed by atoms with van der Waals surface area (Å²) < 4.78 is 31.4. The quantitative estimate of drug-likeness (QED) is 0.710. The zero-order valence-electron chi connectivity index (χ0n) is 14.2. The first-order valence-corrected chi connectivity index (χ1v) is 9.45. The van der Waals surface area contributed by atoms with Gasteiger partial charge in [0, 0.05) is 20.3 Å². The van der Waals surface area contributed by atoms with Crippen LogP contribution in [0, 0.1) is 0 Å². The largest absolute Gasteiger partial charge is 0.385 e. The first-order valence-electron chi connectivity index (χ1n) is 7.80. The highest BCUT2D eigenvalue weighted by Crippen LogP contribution is 2.22. The van der Waals surface area contributed by atoms with E-state index < -0.39 is 10.0 Å². The van der Waals surface area contributed by atoms with Crippen LogP contribution >= 0.6 is 0 Å². The van der Waals surface area contributed by atoms with Gasteiger partial charge in [-0.3, -0.25) is 0 Å². The Morgan fingerprint density at radius 2 is 1.73 bits per heavy atom. The van der Waals surface area contributed by atoms with E-state index in [1.54, 1.807) is 7.11 Å². The number of hydrogen-bond acceptors (Lipinski definition) is 3. The molecule has 22 heavy (non-hydrogen) atoms. The minimum absolute atomic E-state index is 0.119. The van der Waals surface area contributed by atoms with Crippen LogP contribution in [0.4, 0.5) is 0 Å². The molecule has 0 amide bonds. The van der Waals surface area contributed by atoms with Gasteiger partial charge in [0.2, 0.25) is 10.0 Å². The van der Waals surface area contributed by atoms with Crippen LogP contribution in [0.2, 0.25) is 0 Å². The average Bonchev–Trinajstić information content (AvgIpc) is 2.44. The maximum Gasteiger partial charge on any atom is 0.211 e. The van der Waals surface area contributed by atoms with E-state index in [1.165, 1.54) is 5.56 Å². The predicted octanol–water partition coefficient (Wildman–Crippen LogP) is 2.87. The van der Waals surface area contributed by atoms with Crippen molar-refractivity contribution >= 4 is 10.0 Å². The summed E-state index contributed by atoms with van der Waals surface area (Å²) in [4.78, 5) is 0. The van der Waals surface area contributed by atoms with Crippen molar-refractivity contribution in [3.05, 3.63) is 35.4 Å². The molecule has 4 nitrogen and oxygen atoms in total. The zero-order valence-corrected chi connectivity index (χ0v) is 15.0. The van der Waals surface area contributed by atoms with Gasteiger partial charge in [0.25, 0.3) is 0 Å². The monoisotopic (exact) mass is 327 g/mol. The van der Waals surface area contributed by atoms with Gasteiger partial charge in [-0.1, -0.05) is 45.0 Å². The molecule has 1 rings (SSSR count). The number of nitrogens with one attached hydrogen (secondary N) is 1. The molecule has 0 bridgehead atoms. The molecule has 5 heteroatoms. The summed E-state index contributed by atoms with van der Waals surface area (Å²) in [5.74, 6) is 0.131. The minimum Gasteiger partial charge on any atom is -0.385 e. The lowest BCUT2D eigenvalue weighted by Crippen LogP contribution is -2.28. The number of ether oxygens (including phenoxy) is 1. The van der Waals surface area contributed by atoms with E-state index in [0.29, 0.717) is 19.6 Å². The number of rotatable bonds is 9. The molecule has 0 aliphatic rings. The number of unbranched alkanes of at least 4 members (excludes halogenated alkanes) is 1. The molecular formula is C17H29NO3S. The van der Waals surface area contributed by atoms with Gasteiger partial charge >= 0.3 is 0 Å². The molecular weight excluding hydrogens is 298 g/mol. The standard InChI is InChI=1S/C17H29NO3S/c1-17(2,3)16-9-7-15(8-10-16)11-14-22(19,20)18-12-5-6-13-21-4/h7-10,18H,5-6,11-14H2,1-4H3. The fourth-order valence-corrected chi connectivity index (χ4v) is 3.20. The van der Waals surface area contributed by atoms with E-state index in [0.717, 1.165) is 18.4 Å². The molecule has 1 N–H and O–H groups in total. The highest BCUT2D eigenvalue weighted by molar-refractivity contribution is 7.89. The zero-order chi connectivity index (χ0) is 16.6. The van der Waals surface area contributed by atoms with Crippen LogP contribution in [-0.4, -0.2) is 34.4 Å². The number of sulfonamides is 1. The van der Waals surface area contributed by atoms with Gasteiger partial charge in [-0.15, -0.1) is 0 Å². The molecule has 0 radical (unpaired) electrons. The number of benzene rings is 1. The summed E-state index contributed by atoms with van der Waals surface area (Å²) in [6, 6.07) is 8.21. The fraction of sp³-hybridized carbons (Fsp3) is 0.647. The lowest BCUT2D eigenvalue weighted by Gasteiger charge is -2.19. The van der Waals surface area contributed by atoms with Gasteiger partial charge in [-0.05, 0) is 35.8 Å². The Morgan fingerprint density at radius 1 is 1.09 bits per heavy atom. The molecule has 0 atom stereocenters. The smallest absolute Gasteiger partial charge is 0.211 e. The van der Waals surface area contributed by atoms with Gasteiger partial charge in [-0.25, -0.2) is 13.1 Å². The summed E-state index contributed by atoms with van der Waals surface area (Å²) >= 11 is 0. The van der Waals surface area contributed by atoms with Crippen molar-refractivity contribution in [3.8, 4) is 0 Å². The van der Waals surface area contributed by atoms with Crippen molar-refractivity contribution in [1.82, 2.24) is 4.72 Å². The topological polar surface area (TPSA) is 55.4 Å². The molecule has 0 saturated carbocycles. The molecule has 1 aromatic carbocycles. The molecule has 0 spiro atoms. The van der Waals surface area contributed by atoms with E-state index in [4.69, 9.17) is 4.74 Å². The van der Waals surface area contributed by atoms with Crippen molar-refractivity contribution in [1.29, 1.82) is 0 Å². The summed E-state index contributed by atoms with van der Waals surface area (Å²) in [7, 11) is -1.55. The normalized spacial score (nSPS) is 12.5. The second-order valence-electron chi connectivity index (χ2n) is 6.61. The molecule has 0 aromatic heterocycles. The maximum absolute atomic E-state index is 11.9. The lowest BCUT2D eigenvalue weighted by molar-refractivity contribution is 0.193. The fourth-order valence-electron chi connectivity index (χ4n) is 2.09. The van der Waals surface area contributed by atoms with Crippen molar-refractivity contribution < 1.29 is 13.2 Å². The van der Waals surface area contributed by atoms with E-state index in [-0.39, 0.29) is 11.2 Å². The summed E-state index contributed by atoms with van der Waals surface area (Å²) in [6.45, 7) is 7.65. The highest BCUT2D eigenvalue weighted by atomic mass is 32.2. The first kappa shape index (κ1) is 19.1. The van der Waals surface area contributed by atoms with E-state index in [1.807, 2.05) is 12.1 Å². The van der Waals surface area contributed by atoms with Crippen molar-refractivity contribution in [2.24, 2.45) is 0 Å². The maximum atomic E-state index is 11.9. The molecule has 126 valence electrons. The third kappa shape index (κ3) is 7.38. The molecule has 0 saturated heterocycles. The molecule has 0 aliphatic carbocycles. The second-order valence-corrected chi connectivity index (χ2v) is 8.54. The first-order chi connectivity index (χ1) is 10.2. The summed E-state index contributed by atoms with van der Waals surface area (Å²) in [5.41, 5.74) is 2.43. The van der Waals surface area contributed by atoms with Crippen molar-refractivity contribution in [2.45, 2.75) is 45.4 Å². The van der Waals surface area contributed by atoms with E-state index >= 15 is 0 Å². The van der Waals surface area contributed by atoms with Crippen LogP contribution in [0.3, 0.4) is 0 Å². The van der Waals surface area contributed by atoms with Gasteiger partial charge in [-0.2, -0.15) is 0 Å². The van der Waals surface area contributed by atoms with Crippen LogP contribution < -0.4 is 4.72 Å². The Bertz CT molecular complexity index is 530. The number of aryl methyl sites for hydroxylation is 1. The summed E-state index contributed by atoms with van der Waals surface area (Å²) in [5, 5.41) is 0. The van der Waals surface area contributed by atoms with E-state index in [2.05, 4.69) is 37.6 Å². The van der Waals surface area contributed by atoms with Crippen LogP contribution in [0.15, 0.2) is 24.3 Å². The Hall–Kier alpha value is -0.910. The lowest BCUT2D eigenvalue weighted by atomic mass is 9.86. The number of hydrogen-bond donors (Lipinski definition) is 1. The van der Waals surface area contributed by atoms with Gasteiger partial charge in [0.1, 0.15) is 0 Å². The second kappa shape index (κ2) is 8.65. The molecule has 0 fully saturated rings. The Kier molecular flexibility index (Phi) is 7.53. The Balaban J connectivity index is 2.41. The van der Waals surface area contributed by atoms with Crippen molar-refractivity contribution in [2.75, 3.05) is 26.0 Å². The van der Waals surface area contributed by atoms with Crippen LogP contribution in [0.1, 0.15) is 44.7 Å². The van der Waals surface area contributed by atoms with Crippen LogP contribution in [0.5, 0.6) is 0 Å². The van der Waals surface area contributed by atoms with Gasteiger partial charge in [0.15, 0.2) is 0 Å². The summed E-state index contributed by atoms with van der Waals surface area (Å²) in [6.07, 6.45) is 2.21. The van der Waals surface area contributed by atoms with Gasteiger partial charge < -0.3 is 4.74 Å². The van der Waals surface area contributed by atoms with E-state index in [9.17, 15) is 8.42 Å². The molecule has 0 heterocycles. The predicted molar refractivity (Wildman–Crippen MR) is 91.7 cm³/mol. The number of methoxy groups -OCH3 is 1.